The average Bonchev–Trinajstić information content (AvgIpc) is 2.37. The molecule has 0 radical (unpaired) electrons. The van der Waals surface area contributed by atoms with Crippen LogP contribution in [0, 0.1) is 20.2 Å². The van der Waals surface area contributed by atoms with E-state index >= 15 is 0 Å². The molecule has 0 aliphatic carbocycles. The Hall–Kier alpha value is -2.94. The molecule has 0 aliphatic rings. The van der Waals surface area contributed by atoms with E-state index in [2.05, 4.69) is 4.98 Å². The van der Waals surface area contributed by atoms with Gasteiger partial charge in [-0.2, -0.15) is 4.98 Å². The highest BCUT2D eigenvalue weighted by Gasteiger charge is 2.18. The summed E-state index contributed by atoms with van der Waals surface area (Å²) in [5, 5.41) is 21.8. The number of nitrogens with two attached hydrogens (primary N) is 1. The molecule has 10 heteroatoms. The van der Waals surface area contributed by atoms with Crippen molar-refractivity contribution in [3.8, 4) is 11.6 Å². The minimum atomic E-state index is -0.683. The molecule has 0 amide bonds. The van der Waals surface area contributed by atoms with E-state index in [1.807, 2.05) is 0 Å². The zero-order chi connectivity index (χ0) is 15.6. The van der Waals surface area contributed by atoms with E-state index in [-0.39, 0.29) is 33.8 Å². The van der Waals surface area contributed by atoms with Crippen LogP contribution in [0.15, 0.2) is 30.3 Å². The van der Waals surface area contributed by atoms with E-state index in [1.54, 1.807) is 0 Å². The summed E-state index contributed by atoms with van der Waals surface area (Å²) in [7, 11) is 0. The summed E-state index contributed by atoms with van der Waals surface area (Å²) in [6.07, 6.45) is 0. The highest BCUT2D eigenvalue weighted by atomic mass is 35.5. The van der Waals surface area contributed by atoms with E-state index in [9.17, 15) is 20.2 Å². The highest BCUT2D eigenvalue weighted by molar-refractivity contribution is 6.30. The molecule has 0 saturated heterocycles. The van der Waals surface area contributed by atoms with Crippen LogP contribution in [0.25, 0.3) is 0 Å². The number of nitro benzene ring substituents is 1. The Morgan fingerprint density at radius 2 is 1.86 bits per heavy atom. The van der Waals surface area contributed by atoms with Gasteiger partial charge in [-0.3, -0.25) is 20.2 Å². The van der Waals surface area contributed by atoms with Crippen LogP contribution < -0.4 is 10.5 Å². The summed E-state index contributed by atoms with van der Waals surface area (Å²) in [4.78, 5) is 24.0. The number of nitrogens with zero attached hydrogens (tertiary/aromatic N) is 3. The van der Waals surface area contributed by atoms with Crippen molar-refractivity contribution in [3.05, 3.63) is 55.6 Å². The zero-order valence-corrected chi connectivity index (χ0v) is 11.0. The smallest absolute Gasteiger partial charge is 0.311 e. The Bertz CT molecular complexity index is 737. The number of anilines is 1. The normalized spacial score (nSPS) is 10.1. The van der Waals surface area contributed by atoms with Crippen LogP contribution in [-0.4, -0.2) is 14.8 Å². The van der Waals surface area contributed by atoms with Crippen molar-refractivity contribution < 1.29 is 14.6 Å². The molecule has 0 saturated carbocycles. The lowest BCUT2D eigenvalue weighted by atomic mass is 10.3. The van der Waals surface area contributed by atoms with Crippen molar-refractivity contribution in [3.63, 3.8) is 0 Å². The first-order chi connectivity index (χ1) is 9.86. The minimum absolute atomic E-state index is 0.149. The molecular formula is C11H7ClN4O5. The Morgan fingerprint density at radius 3 is 2.48 bits per heavy atom. The molecule has 0 atom stereocenters. The molecule has 108 valence electrons. The van der Waals surface area contributed by atoms with Gasteiger partial charge in [0.1, 0.15) is 5.82 Å². The molecule has 2 aromatic rings. The van der Waals surface area contributed by atoms with Gasteiger partial charge in [-0.25, -0.2) is 0 Å². The zero-order valence-electron chi connectivity index (χ0n) is 10.2. The summed E-state index contributed by atoms with van der Waals surface area (Å²) in [5.74, 6) is -0.587. The third kappa shape index (κ3) is 3.34. The average molecular weight is 311 g/mol. The van der Waals surface area contributed by atoms with Gasteiger partial charge in [0.2, 0.25) is 11.6 Å². The largest absolute Gasteiger partial charge is 0.431 e. The SMILES string of the molecule is Nc1cc([N+](=O)[O-])cc(Oc2cc(Cl)ccc2[N+](=O)[O-])n1. The van der Waals surface area contributed by atoms with Crippen LogP contribution >= 0.6 is 11.6 Å². The Balaban J connectivity index is 2.45. The lowest BCUT2D eigenvalue weighted by Gasteiger charge is -2.06. The maximum absolute atomic E-state index is 10.9. The fourth-order valence-electron chi connectivity index (χ4n) is 1.50. The summed E-state index contributed by atoms with van der Waals surface area (Å²) in [6, 6.07) is 5.72. The van der Waals surface area contributed by atoms with Crippen LogP contribution in [0.4, 0.5) is 17.2 Å². The van der Waals surface area contributed by atoms with Gasteiger partial charge >= 0.3 is 5.69 Å². The number of hydrogen-bond acceptors (Lipinski definition) is 7. The topological polar surface area (TPSA) is 134 Å². The van der Waals surface area contributed by atoms with E-state index in [1.165, 1.54) is 12.1 Å². The molecule has 9 nitrogen and oxygen atoms in total. The first kappa shape index (κ1) is 14.5. The minimum Gasteiger partial charge on any atom is -0.431 e. The fourth-order valence-corrected chi connectivity index (χ4v) is 1.66. The molecule has 0 aliphatic heterocycles. The van der Waals surface area contributed by atoms with Crippen molar-refractivity contribution in [2.75, 3.05) is 5.73 Å². The van der Waals surface area contributed by atoms with Gasteiger partial charge in [0.15, 0.2) is 0 Å². The quantitative estimate of drug-likeness (QED) is 0.677. The van der Waals surface area contributed by atoms with Gasteiger partial charge in [-0.1, -0.05) is 11.6 Å². The second-order valence-corrected chi connectivity index (χ2v) is 4.25. The molecule has 0 spiro atoms. The Kier molecular flexibility index (Phi) is 3.85. The summed E-state index contributed by atoms with van der Waals surface area (Å²) >= 11 is 5.74. The summed E-state index contributed by atoms with van der Waals surface area (Å²) in [5.41, 5.74) is 4.72. The second kappa shape index (κ2) is 5.59. The van der Waals surface area contributed by atoms with Gasteiger partial charge in [-0.15, -0.1) is 0 Å². The third-order valence-electron chi connectivity index (χ3n) is 2.35. The lowest BCUT2D eigenvalue weighted by Crippen LogP contribution is -1.99. The van der Waals surface area contributed by atoms with Gasteiger partial charge in [-0.05, 0) is 6.07 Å². The number of nitro groups is 2. The highest BCUT2D eigenvalue weighted by Crippen LogP contribution is 2.34. The number of halogens is 1. The van der Waals surface area contributed by atoms with Crippen LogP contribution in [0.2, 0.25) is 5.02 Å². The van der Waals surface area contributed by atoms with Gasteiger partial charge in [0, 0.05) is 17.2 Å². The molecule has 0 unspecified atom stereocenters. The summed E-state index contributed by atoms with van der Waals surface area (Å²) in [6.45, 7) is 0. The van der Waals surface area contributed by atoms with E-state index < -0.39 is 9.85 Å². The maximum atomic E-state index is 10.9. The van der Waals surface area contributed by atoms with Crippen LogP contribution in [0.5, 0.6) is 11.6 Å². The van der Waals surface area contributed by atoms with Gasteiger partial charge in [0.25, 0.3) is 5.69 Å². The fraction of sp³-hybridized carbons (Fsp3) is 0. The van der Waals surface area contributed by atoms with Crippen LogP contribution in [0.1, 0.15) is 0 Å². The predicted molar refractivity (Wildman–Crippen MR) is 73.5 cm³/mol. The second-order valence-electron chi connectivity index (χ2n) is 3.82. The number of aromatic nitrogens is 1. The number of pyridine rings is 1. The molecule has 1 heterocycles. The number of nitrogen functional groups attached to an aromatic ring is 1. The first-order valence-electron chi connectivity index (χ1n) is 5.40. The molecule has 2 N–H and O–H groups in total. The van der Waals surface area contributed by atoms with Crippen molar-refractivity contribution in [2.24, 2.45) is 0 Å². The lowest BCUT2D eigenvalue weighted by molar-refractivity contribution is -0.386. The standard InChI is InChI=1S/C11H7ClN4O5/c12-6-1-2-8(16(19)20)9(3-6)21-11-5-7(15(17)18)4-10(13)14-11/h1-5H,(H2,13,14). The molecule has 0 fully saturated rings. The number of rotatable bonds is 4. The number of hydrogen-bond donors (Lipinski definition) is 1. The van der Waals surface area contributed by atoms with Crippen molar-refractivity contribution in [1.82, 2.24) is 4.98 Å². The van der Waals surface area contributed by atoms with Crippen LogP contribution in [0.3, 0.4) is 0 Å². The van der Waals surface area contributed by atoms with E-state index in [0.717, 1.165) is 18.2 Å². The number of benzene rings is 1. The Labute approximate surface area is 122 Å². The van der Waals surface area contributed by atoms with Crippen molar-refractivity contribution >= 4 is 28.8 Å². The number of ether oxygens (including phenoxy) is 1. The van der Waals surface area contributed by atoms with E-state index in [4.69, 9.17) is 22.1 Å². The summed E-state index contributed by atoms with van der Waals surface area (Å²) < 4.78 is 5.20. The van der Waals surface area contributed by atoms with Crippen LogP contribution in [-0.2, 0) is 0 Å². The van der Waals surface area contributed by atoms with Crippen molar-refractivity contribution in [1.29, 1.82) is 0 Å². The Morgan fingerprint density at radius 1 is 1.14 bits per heavy atom. The molecular weight excluding hydrogens is 304 g/mol. The van der Waals surface area contributed by atoms with Gasteiger partial charge in [0.05, 0.1) is 22.0 Å². The predicted octanol–water partition coefficient (Wildman–Crippen LogP) is 2.93. The maximum Gasteiger partial charge on any atom is 0.311 e. The molecule has 2 rings (SSSR count). The molecule has 1 aromatic carbocycles. The van der Waals surface area contributed by atoms with Gasteiger partial charge < -0.3 is 10.5 Å². The third-order valence-corrected chi connectivity index (χ3v) is 2.59. The monoisotopic (exact) mass is 310 g/mol. The molecule has 1 aromatic heterocycles. The molecule has 0 bridgehead atoms. The van der Waals surface area contributed by atoms with E-state index in [0.29, 0.717) is 0 Å². The molecule has 21 heavy (non-hydrogen) atoms. The first-order valence-corrected chi connectivity index (χ1v) is 5.78. The van der Waals surface area contributed by atoms with Crippen molar-refractivity contribution in [2.45, 2.75) is 0 Å².